The molecule has 0 saturated heterocycles. The number of rotatable bonds is 16. The van der Waals surface area contributed by atoms with E-state index in [1.807, 2.05) is 48.5 Å². The van der Waals surface area contributed by atoms with Crippen LogP contribution in [0.5, 0.6) is 0 Å². The van der Waals surface area contributed by atoms with E-state index < -0.39 is 11.8 Å². The Kier molecular flexibility index (Phi) is 23.4. The molecule has 32 heavy (non-hydrogen) atoms. The molecule has 2 unspecified atom stereocenters. The summed E-state index contributed by atoms with van der Waals surface area (Å²) in [4.78, 5) is 12.6. The van der Waals surface area contributed by atoms with Gasteiger partial charge in [0.15, 0.2) is 0 Å². The predicted octanol–water partition coefficient (Wildman–Crippen LogP) is 4.77. The van der Waals surface area contributed by atoms with Crippen LogP contribution < -0.4 is 11.1 Å². The van der Waals surface area contributed by atoms with Crippen LogP contribution in [0.2, 0.25) is 0 Å². The number of methoxy groups -OCH3 is 1. The molecule has 0 radical (unpaired) electrons. The minimum Gasteiger partial charge on any atom is -0.382 e. The summed E-state index contributed by atoms with van der Waals surface area (Å²) < 4.78 is 22.3. The van der Waals surface area contributed by atoms with Gasteiger partial charge in [-0.1, -0.05) is 55.4 Å². The van der Waals surface area contributed by atoms with Crippen molar-refractivity contribution in [1.82, 2.24) is 5.32 Å². The molecule has 3 N–H and O–H groups in total. The summed E-state index contributed by atoms with van der Waals surface area (Å²) in [5.41, 5.74) is 5.43. The standard InChI is InChI=1S/C21H44N2O5.2C2H6/c1-9-26-14-21(13-25-8,15-28-17(4)5)23-19(24)12-18(22)27-11-10-20(6,7)16(2)3;2*1-2/h16-18H,9-15,22H2,1-8H3,(H,23,24);2*1-2H3. The van der Waals surface area contributed by atoms with Crippen molar-refractivity contribution in [2.75, 3.05) is 40.1 Å². The van der Waals surface area contributed by atoms with Crippen molar-refractivity contribution in [2.24, 2.45) is 17.1 Å². The molecule has 7 nitrogen and oxygen atoms in total. The van der Waals surface area contributed by atoms with E-state index >= 15 is 0 Å². The zero-order chi connectivity index (χ0) is 25.8. The molecule has 0 rings (SSSR count). The highest BCUT2D eigenvalue weighted by Gasteiger charge is 2.34. The van der Waals surface area contributed by atoms with Crippen molar-refractivity contribution >= 4 is 5.91 Å². The SMILES string of the molecule is CC.CC.CCOCC(COC)(COC(C)C)NC(=O)CC(N)OCCC(C)(C)C(C)C. The van der Waals surface area contributed by atoms with E-state index in [9.17, 15) is 4.79 Å². The topological polar surface area (TPSA) is 92.0 Å². The van der Waals surface area contributed by atoms with Gasteiger partial charge in [-0.05, 0) is 38.5 Å². The van der Waals surface area contributed by atoms with Gasteiger partial charge in [0.25, 0.3) is 0 Å². The van der Waals surface area contributed by atoms with E-state index in [2.05, 4.69) is 33.0 Å². The van der Waals surface area contributed by atoms with Crippen LogP contribution in [0.1, 0.15) is 89.0 Å². The van der Waals surface area contributed by atoms with Gasteiger partial charge in [0, 0.05) is 20.3 Å². The van der Waals surface area contributed by atoms with Crippen LogP contribution in [0.4, 0.5) is 0 Å². The maximum Gasteiger partial charge on any atom is 0.224 e. The zero-order valence-corrected chi connectivity index (χ0v) is 23.3. The number of nitrogens with one attached hydrogen (secondary N) is 1. The average Bonchev–Trinajstić information content (AvgIpc) is 2.73. The van der Waals surface area contributed by atoms with Crippen molar-refractivity contribution in [3.05, 3.63) is 0 Å². The highest BCUT2D eigenvalue weighted by atomic mass is 16.5. The molecule has 0 aromatic heterocycles. The summed E-state index contributed by atoms with van der Waals surface area (Å²) in [5.74, 6) is 0.338. The molecule has 0 aliphatic heterocycles. The first-order chi connectivity index (χ1) is 15.0. The molecule has 0 aliphatic carbocycles. The first-order valence-corrected chi connectivity index (χ1v) is 12.3. The molecule has 7 heteroatoms. The van der Waals surface area contributed by atoms with E-state index in [1.165, 1.54) is 0 Å². The number of amides is 1. The van der Waals surface area contributed by atoms with Crippen LogP contribution in [0, 0.1) is 11.3 Å². The lowest BCUT2D eigenvalue weighted by molar-refractivity contribution is -0.130. The van der Waals surface area contributed by atoms with E-state index in [4.69, 9.17) is 24.7 Å². The number of ether oxygens (including phenoxy) is 4. The summed E-state index contributed by atoms with van der Waals surface area (Å²) in [5, 5.41) is 3.00. The predicted molar refractivity (Wildman–Crippen MR) is 135 cm³/mol. The van der Waals surface area contributed by atoms with Gasteiger partial charge < -0.3 is 30.0 Å². The lowest BCUT2D eigenvalue weighted by atomic mass is 9.79. The van der Waals surface area contributed by atoms with E-state index in [-0.39, 0.29) is 30.5 Å². The van der Waals surface area contributed by atoms with Gasteiger partial charge in [0.2, 0.25) is 5.91 Å². The van der Waals surface area contributed by atoms with Crippen LogP contribution in [-0.2, 0) is 23.7 Å². The minimum absolute atomic E-state index is 0.0321. The van der Waals surface area contributed by atoms with Crippen molar-refractivity contribution in [1.29, 1.82) is 0 Å². The molecule has 0 heterocycles. The Morgan fingerprint density at radius 2 is 1.53 bits per heavy atom. The zero-order valence-electron chi connectivity index (χ0n) is 23.3. The van der Waals surface area contributed by atoms with E-state index in [1.54, 1.807) is 7.11 Å². The molecule has 0 aliphatic rings. The first kappa shape index (κ1) is 35.9. The number of carbonyl (C=O) groups is 1. The first-order valence-electron chi connectivity index (χ1n) is 12.3. The van der Waals surface area contributed by atoms with Gasteiger partial charge >= 0.3 is 0 Å². The molecule has 0 bridgehead atoms. The van der Waals surface area contributed by atoms with Crippen LogP contribution >= 0.6 is 0 Å². The number of hydrogen-bond donors (Lipinski definition) is 2. The molecular weight excluding hydrogens is 408 g/mol. The second-order valence-corrected chi connectivity index (χ2v) is 8.77. The Hall–Kier alpha value is -0.730. The second-order valence-electron chi connectivity index (χ2n) is 8.77. The Morgan fingerprint density at radius 3 is 1.97 bits per heavy atom. The Labute approximate surface area is 199 Å². The number of nitrogens with two attached hydrogens (primary N) is 1. The Balaban J connectivity index is -0.00000198. The van der Waals surface area contributed by atoms with Crippen molar-refractivity contribution in [3.63, 3.8) is 0 Å². The van der Waals surface area contributed by atoms with E-state index in [0.29, 0.717) is 32.3 Å². The van der Waals surface area contributed by atoms with Crippen LogP contribution in [0.3, 0.4) is 0 Å². The van der Waals surface area contributed by atoms with Crippen LogP contribution in [0.15, 0.2) is 0 Å². The third kappa shape index (κ3) is 17.8. The van der Waals surface area contributed by atoms with Crippen molar-refractivity contribution < 1.29 is 23.7 Å². The lowest BCUT2D eigenvalue weighted by Gasteiger charge is -2.34. The van der Waals surface area contributed by atoms with Crippen LogP contribution in [0.25, 0.3) is 0 Å². The summed E-state index contributed by atoms with van der Waals surface area (Å²) in [6.07, 6.45) is 0.340. The summed E-state index contributed by atoms with van der Waals surface area (Å²) >= 11 is 0. The molecule has 0 spiro atoms. The van der Waals surface area contributed by atoms with E-state index in [0.717, 1.165) is 6.42 Å². The summed E-state index contributed by atoms with van der Waals surface area (Å²) in [6, 6.07) is 0. The fourth-order valence-electron chi connectivity index (χ4n) is 2.48. The Bertz CT molecular complexity index is 431. The van der Waals surface area contributed by atoms with Crippen molar-refractivity contribution in [3.8, 4) is 0 Å². The molecule has 1 amide bonds. The molecule has 0 saturated carbocycles. The average molecular weight is 465 g/mol. The smallest absolute Gasteiger partial charge is 0.224 e. The lowest BCUT2D eigenvalue weighted by Crippen LogP contribution is -2.59. The molecule has 0 fully saturated rings. The summed E-state index contributed by atoms with van der Waals surface area (Å²) in [7, 11) is 1.59. The maximum atomic E-state index is 12.6. The largest absolute Gasteiger partial charge is 0.382 e. The third-order valence-corrected chi connectivity index (χ3v) is 5.13. The minimum atomic E-state index is -0.758. The molecule has 0 aromatic rings. The van der Waals surface area contributed by atoms with Crippen molar-refractivity contribution in [2.45, 2.75) is 107 Å². The Morgan fingerprint density at radius 1 is 0.969 bits per heavy atom. The molecule has 0 aromatic carbocycles. The van der Waals surface area contributed by atoms with Gasteiger partial charge in [0.05, 0.1) is 32.3 Å². The number of hydrogen-bond acceptors (Lipinski definition) is 6. The van der Waals surface area contributed by atoms with Gasteiger partial charge in [0.1, 0.15) is 11.8 Å². The monoisotopic (exact) mass is 464 g/mol. The quantitative estimate of drug-likeness (QED) is 0.320. The molecule has 2 atom stereocenters. The fraction of sp³-hybridized carbons (Fsp3) is 0.960. The molecule has 196 valence electrons. The fourth-order valence-corrected chi connectivity index (χ4v) is 2.48. The van der Waals surface area contributed by atoms with Gasteiger partial charge in [-0.3, -0.25) is 4.79 Å². The highest BCUT2D eigenvalue weighted by molar-refractivity contribution is 5.77. The highest BCUT2D eigenvalue weighted by Crippen LogP contribution is 2.29. The van der Waals surface area contributed by atoms with Gasteiger partial charge in [-0.25, -0.2) is 0 Å². The molecular formula is C25H56N2O5. The third-order valence-electron chi connectivity index (χ3n) is 5.13. The van der Waals surface area contributed by atoms with Gasteiger partial charge in [-0.2, -0.15) is 0 Å². The maximum absolute atomic E-state index is 12.6. The van der Waals surface area contributed by atoms with Crippen LogP contribution in [-0.4, -0.2) is 63.9 Å². The second kappa shape index (κ2) is 20.8. The van der Waals surface area contributed by atoms with Gasteiger partial charge in [-0.15, -0.1) is 0 Å². The summed E-state index contributed by atoms with van der Waals surface area (Å²) in [6.45, 7) is 24.6. The normalized spacial score (nSPS) is 14.1. The number of carbonyl (C=O) groups excluding carboxylic acids is 1.